The number of rotatable bonds is 4. The summed E-state index contributed by atoms with van der Waals surface area (Å²) in [5, 5.41) is 0. The predicted molar refractivity (Wildman–Crippen MR) is 112 cm³/mol. The normalized spacial score (nSPS) is 18.3. The van der Waals surface area contributed by atoms with Crippen molar-refractivity contribution < 1.29 is 4.79 Å². The van der Waals surface area contributed by atoms with Crippen molar-refractivity contribution in [2.45, 2.75) is 26.2 Å². The molecule has 148 valence electrons. The number of hydrogen-bond acceptors (Lipinski definition) is 5. The molecule has 1 aromatic heterocycles. The quantitative estimate of drug-likeness (QED) is 0.818. The fourth-order valence-corrected chi connectivity index (χ4v) is 4.03. The maximum atomic E-state index is 13.2. The van der Waals surface area contributed by atoms with Crippen LogP contribution in [0.15, 0.2) is 36.5 Å². The summed E-state index contributed by atoms with van der Waals surface area (Å²) in [5.74, 6) is 1.55. The second kappa shape index (κ2) is 8.69. The summed E-state index contributed by atoms with van der Waals surface area (Å²) in [5.41, 5.74) is 1.62. The zero-order valence-electron chi connectivity index (χ0n) is 16.7. The van der Waals surface area contributed by atoms with Crippen LogP contribution in [-0.2, 0) is 0 Å². The van der Waals surface area contributed by atoms with Crippen LogP contribution in [0.1, 0.15) is 36.5 Å². The molecular weight excluding hydrogens is 350 g/mol. The zero-order chi connectivity index (χ0) is 19.3. The molecule has 1 amide bonds. The van der Waals surface area contributed by atoms with Gasteiger partial charge >= 0.3 is 0 Å². The molecule has 0 bridgehead atoms. The molecule has 2 aliphatic rings. The molecule has 2 fully saturated rings. The first-order valence-electron chi connectivity index (χ1n) is 10.5. The van der Waals surface area contributed by atoms with Gasteiger partial charge in [-0.2, -0.15) is 0 Å². The Labute approximate surface area is 167 Å². The lowest BCUT2D eigenvalue weighted by Gasteiger charge is -2.36. The fraction of sp³-hybridized carbons (Fsp3) is 0.500. The number of nitrogens with zero attached hydrogens (tertiary/aromatic N) is 5. The van der Waals surface area contributed by atoms with Gasteiger partial charge in [0, 0.05) is 51.0 Å². The average Bonchev–Trinajstić information content (AvgIpc) is 2.79. The first-order valence-corrected chi connectivity index (χ1v) is 10.5. The predicted octanol–water partition coefficient (Wildman–Crippen LogP) is 2.91. The number of carbonyl (C=O) groups excluding carboxylic acids is 1. The standard InChI is InChI=1S/C22H29N5O/c1-2-25-13-15-26(16-14-25)21-19(22(28)27-11-7-4-8-12-27)17-23-20(24-21)18-9-5-3-6-10-18/h3,5-6,9-10,17H,2,4,7-8,11-16H2,1H3. The van der Waals surface area contributed by atoms with Crippen molar-refractivity contribution in [2.75, 3.05) is 50.7 Å². The van der Waals surface area contributed by atoms with Gasteiger partial charge in [0.05, 0.1) is 0 Å². The highest BCUT2D eigenvalue weighted by atomic mass is 16.2. The lowest BCUT2D eigenvalue weighted by molar-refractivity contribution is 0.0724. The minimum absolute atomic E-state index is 0.0761. The smallest absolute Gasteiger partial charge is 0.259 e. The van der Waals surface area contributed by atoms with E-state index in [1.54, 1.807) is 6.20 Å². The highest BCUT2D eigenvalue weighted by molar-refractivity contribution is 5.99. The summed E-state index contributed by atoms with van der Waals surface area (Å²) in [6, 6.07) is 10.00. The van der Waals surface area contributed by atoms with Gasteiger partial charge in [0.25, 0.3) is 5.91 Å². The van der Waals surface area contributed by atoms with Gasteiger partial charge < -0.3 is 14.7 Å². The summed E-state index contributed by atoms with van der Waals surface area (Å²) in [4.78, 5) is 29.3. The van der Waals surface area contributed by atoms with E-state index in [1.807, 2.05) is 35.2 Å². The van der Waals surface area contributed by atoms with Crippen LogP contribution in [0.2, 0.25) is 0 Å². The zero-order valence-corrected chi connectivity index (χ0v) is 16.7. The van der Waals surface area contributed by atoms with E-state index in [0.29, 0.717) is 11.4 Å². The number of piperazine rings is 1. The second-order valence-corrected chi connectivity index (χ2v) is 7.57. The van der Waals surface area contributed by atoms with E-state index < -0.39 is 0 Å². The first-order chi connectivity index (χ1) is 13.8. The van der Waals surface area contributed by atoms with Crippen LogP contribution in [0.25, 0.3) is 11.4 Å². The molecule has 2 saturated heterocycles. The van der Waals surface area contributed by atoms with Gasteiger partial charge in [0.2, 0.25) is 0 Å². The number of hydrogen-bond donors (Lipinski definition) is 0. The van der Waals surface area contributed by atoms with Crippen molar-refractivity contribution in [3.63, 3.8) is 0 Å². The average molecular weight is 380 g/mol. The molecule has 0 radical (unpaired) electrons. The van der Waals surface area contributed by atoms with Crippen molar-refractivity contribution in [1.82, 2.24) is 19.8 Å². The molecule has 0 unspecified atom stereocenters. The SMILES string of the molecule is CCN1CCN(c2nc(-c3ccccc3)ncc2C(=O)N2CCCCC2)CC1. The van der Waals surface area contributed by atoms with Crippen molar-refractivity contribution in [1.29, 1.82) is 0 Å². The number of likely N-dealkylation sites (tertiary alicyclic amines) is 1. The fourth-order valence-electron chi connectivity index (χ4n) is 4.03. The Morgan fingerprint density at radius 1 is 0.964 bits per heavy atom. The minimum atomic E-state index is 0.0761. The third-order valence-electron chi connectivity index (χ3n) is 5.79. The van der Waals surface area contributed by atoms with Crippen LogP contribution < -0.4 is 4.90 Å². The highest BCUT2D eigenvalue weighted by Gasteiger charge is 2.27. The molecule has 0 saturated carbocycles. The minimum Gasteiger partial charge on any atom is -0.353 e. The molecule has 0 atom stereocenters. The maximum absolute atomic E-state index is 13.2. The van der Waals surface area contributed by atoms with Crippen LogP contribution in [-0.4, -0.2) is 71.5 Å². The van der Waals surface area contributed by atoms with Crippen LogP contribution in [0.3, 0.4) is 0 Å². The van der Waals surface area contributed by atoms with E-state index in [0.717, 1.165) is 70.0 Å². The summed E-state index contributed by atoms with van der Waals surface area (Å²) >= 11 is 0. The Bertz CT molecular complexity index is 796. The van der Waals surface area contributed by atoms with E-state index >= 15 is 0 Å². The van der Waals surface area contributed by atoms with Crippen molar-refractivity contribution in [3.05, 3.63) is 42.1 Å². The Morgan fingerprint density at radius 2 is 1.68 bits per heavy atom. The molecule has 28 heavy (non-hydrogen) atoms. The summed E-state index contributed by atoms with van der Waals surface area (Å²) < 4.78 is 0. The molecule has 6 nitrogen and oxygen atoms in total. The van der Waals surface area contributed by atoms with E-state index in [-0.39, 0.29) is 5.91 Å². The molecule has 2 aromatic rings. The molecule has 0 spiro atoms. The number of benzene rings is 1. The van der Waals surface area contributed by atoms with Gasteiger partial charge in [-0.25, -0.2) is 9.97 Å². The van der Waals surface area contributed by atoms with Gasteiger partial charge in [0.15, 0.2) is 5.82 Å². The second-order valence-electron chi connectivity index (χ2n) is 7.57. The van der Waals surface area contributed by atoms with E-state index in [1.165, 1.54) is 6.42 Å². The number of likely N-dealkylation sites (N-methyl/N-ethyl adjacent to an activating group) is 1. The first kappa shape index (κ1) is 18.9. The number of piperidine rings is 1. The summed E-state index contributed by atoms with van der Waals surface area (Å²) in [6.45, 7) is 8.70. The third-order valence-corrected chi connectivity index (χ3v) is 5.79. The number of anilines is 1. The Hall–Kier alpha value is -2.47. The van der Waals surface area contributed by atoms with Crippen LogP contribution in [0.5, 0.6) is 0 Å². The Kier molecular flexibility index (Phi) is 5.86. The summed E-state index contributed by atoms with van der Waals surface area (Å²) in [6.07, 6.45) is 5.12. The Morgan fingerprint density at radius 3 is 2.36 bits per heavy atom. The number of amides is 1. The Balaban J connectivity index is 1.67. The molecule has 6 heteroatoms. The van der Waals surface area contributed by atoms with Crippen molar-refractivity contribution in [2.24, 2.45) is 0 Å². The van der Waals surface area contributed by atoms with Gasteiger partial charge in [-0.1, -0.05) is 37.3 Å². The van der Waals surface area contributed by atoms with Gasteiger partial charge in [0.1, 0.15) is 11.4 Å². The molecule has 3 heterocycles. The lowest BCUT2D eigenvalue weighted by atomic mass is 10.1. The van der Waals surface area contributed by atoms with E-state index in [4.69, 9.17) is 4.98 Å². The number of carbonyl (C=O) groups is 1. The lowest BCUT2D eigenvalue weighted by Crippen LogP contribution is -2.47. The topological polar surface area (TPSA) is 52.6 Å². The van der Waals surface area contributed by atoms with Crippen LogP contribution >= 0.6 is 0 Å². The number of aromatic nitrogens is 2. The molecule has 0 aliphatic carbocycles. The largest absolute Gasteiger partial charge is 0.353 e. The monoisotopic (exact) mass is 379 g/mol. The van der Waals surface area contributed by atoms with Crippen molar-refractivity contribution in [3.8, 4) is 11.4 Å². The summed E-state index contributed by atoms with van der Waals surface area (Å²) in [7, 11) is 0. The molecule has 4 rings (SSSR count). The van der Waals surface area contributed by atoms with Crippen molar-refractivity contribution >= 4 is 11.7 Å². The van der Waals surface area contributed by atoms with Crippen LogP contribution in [0, 0.1) is 0 Å². The van der Waals surface area contributed by atoms with E-state index in [9.17, 15) is 4.79 Å². The molecule has 0 N–H and O–H groups in total. The van der Waals surface area contributed by atoms with Gasteiger partial charge in [-0.15, -0.1) is 0 Å². The molecule has 2 aliphatic heterocycles. The van der Waals surface area contributed by atoms with Crippen LogP contribution in [0.4, 0.5) is 5.82 Å². The highest BCUT2D eigenvalue weighted by Crippen LogP contribution is 2.25. The molecule has 1 aromatic carbocycles. The van der Waals surface area contributed by atoms with Gasteiger partial charge in [-0.05, 0) is 25.8 Å². The molecular formula is C22H29N5O. The third kappa shape index (κ3) is 4.02. The van der Waals surface area contributed by atoms with E-state index in [2.05, 4.69) is 21.7 Å². The van der Waals surface area contributed by atoms with Gasteiger partial charge in [-0.3, -0.25) is 4.79 Å². The maximum Gasteiger partial charge on any atom is 0.259 e.